The van der Waals surface area contributed by atoms with Crippen LogP contribution in [0.4, 0.5) is 5.69 Å². The van der Waals surface area contributed by atoms with Crippen LogP contribution in [0.15, 0.2) is 29.3 Å². The molecule has 0 spiro atoms. The molecule has 1 aromatic rings. The van der Waals surface area contributed by atoms with E-state index >= 15 is 0 Å². The summed E-state index contributed by atoms with van der Waals surface area (Å²) in [6, 6.07) is 8.26. The first-order chi connectivity index (χ1) is 6.26. The Morgan fingerprint density at radius 3 is 2.92 bits per heavy atom. The van der Waals surface area contributed by atoms with Crippen molar-refractivity contribution in [3.8, 4) is 0 Å². The Kier molecular flexibility index (Phi) is 1.93. The first-order valence-electron chi connectivity index (χ1n) is 4.61. The molecule has 0 amide bonds. The predicted molar refractivity (Wildman–Crippen MR) is 55.6 cm³/mol. The van der Waals surface area contributed by atoms with Gasteiger partial charge in [-0.3, -0.25) is 4.99 Å². The maximum atomic E-state index is 5.59. The summed E-state index contributed by atoms with van der Waals surface area (Å²) < 4.78 is 0. The summed E-state index contributed by atoms with van der Waals surface area (Å²) in [7, 11) is 0. The van der Waals surface area contributed by atoms with E-state index < -0.39 is 0 Å². The minimum atomic E-state index is 0.0609. The smallest absolute Gasteiger partial charge is 0.0667 e. The third kappa shape index (κ3) is 1.27. The molecule has 0 aromatic heterocycles. The number of para-hydroxylation sites is 1. The Morgan fingerprint density at radius 1 is 1.38 bits per heavy atom. The number of nitrogens with two attached hydrogens (primary N) is 1. The van der Waals surface area contributed by atoms with E-state index in [0.29, 0.717) is 6.54 Å². The van der Waals surface area contributed by atoms with E-state index in [0.717, 1.165) is 12.1 Å². The SMILES string of the molecule is CC1(CCN)C=Nc2ccccc21. The zero-order valence-electron chi connectivity index (χ0n) is 7.83. The van der Waals surface area contributed by atoms with Crippen molar-refractivity contribution < 1.29 is 0 Å². The van der Waals surface area contributed by atoms with Crippen LogP contribution in [-0.4, -0.2) is 12.8 Å². The zero-order chi connectivity index (χ0) is 9.31. The molecule has 0 radical (unpaired) electrons. The number of rotatable bonds is 2. The Hall–Kier alpha value is -1.15. The molecule has 0 saturated heterocycles. The molecule has 2 nitrogen and oxygen atoms in total. The van der Waals surface area contributed by atoms with Gasteiger partial charge in [-0.2, -0.15) is 0 Å². The standard InChI is InChI=1S/C11H14N2/c1-11(6-7-12)8-13-10-5-3-2-4-9(10)11/h2-5,8H,6-7,12H2,1H3. The van der Waals surface area contributed by atoms with Crippen LogP contribution in [0.2, 0.25) is 0 Å². The molecule has 13 heavy (non-hydrogen) atoms. The minimum Gasteiger partial charge on any atom is -0.330 e. The minimum absolute atomic E-state index is 0.0609. The largest absolute Gasteiger partial charge is 0.330 e. The summed E-state index contributed by atoms with van der Waals surface area (Å²) in [6.45, 7) is 2.89. The number of hydrogen-bond donors (Lipinski definition) is 1. The van der Waals surface area contributed by atoms with Gasteiger partial charge in [0.05, 0.1) is 5.69 Å². The molecule has 0 bridgehead atoms. The molecule has 1 aromatic carbocycles. The van der Waals surface area contributed by atoms with Crippen molar-refractivity contribution in [2.45, 2.75) is 18.8 Å². The quantitative estimate of drug-likeness (QED) is 0.731. The molecule has 1 aliphatic heterocycles. The van der Waals surface area contributed by atoms with Gasteiger partial charge in [0.1, 0.15) is 0 Å². The van der Waals surface area contributed by atoms with Crippen molar-refractivity contribution >= 4 is 11.9 Å². The van der Waals surface area contributed by atoms with Crippen molar-refractivity contribution in [3.63, 3.8) is 0 Å². The van der Waals surface area contributed by atoms with Gasteiger partial charge in [0.2, 0.25) is 0 Å². The maximum absolute atomic E-state index is 5.59. The van der Waals surface area contributed by atoms with Gasteiger partial charge in [0.25, 0.3) is 0 Å². The van der Waals surface area contributed by atoms with Crippen molar-refractivity contribution in [1.82, 2.24) is 0 Å². The van der Waals surface area contributed by atoms with Crippen LogP contribution in [0.25, 0.3) is 0 Å². The van der Waals surface area contributed by atoms with Crippen LogP contribution in [0, 0.1) is 0 Å². The van der Waals surface area contributed by atoms with E-state index in [1.54, 1.807) is 0 Å². The molecule has 1 unspecified atom stereocenters. The van der Waals surface area contributed by atoms with Crippen LogP contribution in [-0.2, 0) is 5.41 Å². The van der Waals surface area contributed by atoms with Crippen LogP contribution in [0.5, 0.6) is 0 Å². The van der Waals surface area contributed by atoms with Gasteiger partial charge in [0.15, 0.2) is 0 Å². The van der Waals surface area contributed by atoms with Gasteiger partial charge < -0.3 is 5.73 Å². The Bertz CT molecular complexity index is 344. The lowest BCUT2D eigenvalue weighted by atomic mass is 9.82. The van der Waals surface area contributed by atoms with Crippen molar-refractivity contribution in [1.29, 1.82) is 0 Å². The second-order valence-corrected chi connectivity index (χ2v) is 3.73. The number of nitrogens with zero attached hydrogens (tertiary/aromatic N) is 1. The van der Waals surface area contributed by atoms with Crippen LogP contribution < -0.4 is 5.73 Å². The van der Waals surface area contributed by atoms with E-state index in [4.69, 9.17) is 5.73 Å². The number of aliphatic imine (C=N–C) groups is 1. The normalized spacial score (nSPS) is 24.8. The van der Waals surface area contributed by atoms with Gasteiger partial charge in [-0.05, 0) is 24.6 Å². The van der Waals surface area contributed by atoms with E-state index in [9.17, 15) is 0 Å². The fraction of sp³-hybridized carbons (Fsp3) is 0.364. The zero-order valence-corrected chi connectivity index (χ0v) is 7.83. The number of hydrogen-bond acceptors (Lipinski definition) is 2. The fourth-order valence-corrected chi connectivity index (χ4v) is 1.85. The Morgan fingerprint density at radius 2 is 2.15 bits per heavy atom. The average molecular weight is 174 g/mol. The van der Waals surface area contributed by atoms with Gasteiger partial charge in [-0.15, -0.1) is 0 Å². The van der Waals surface area contributed by atoms with E-state index in [1.807, 2.05) is 18.3 Å². The lowest BCUT2D eigenvalue weighted by Gasteiger charge is -2.21. The molecule has 2 rings (SSSR count). The maximum Gasteiger partial charge on any atom is 0.0667 e. The summed E-state index contributed by atoms with van der Waals surface area (Å²) >= 11 is 0. The van der Waals surface area contributed by atoms with Gasteiger partial charge >= 0.3 is 0 Å². The lowest BCUT2D eigenvalue weighted by molar-refractivity contribution is 0.607. The summed E-state index contributed by atoms with van der Waals surface area (Å²) in [6.07, 6.45) is 2.98. The van der Waals surface area contributed by atoms with Crippen molar-refractivity contribution in [2.24, 2.45) is 10.7 Å². The van der Waals surface area contributed by atoms with Gasteiger partial charge in [-0.1, -0.05) is 25.1 Å². The molecule has 0 fully saturated rings. The molecule has 0 aliphatic carbocycles. The highest BCUT2D eigenvalue weighted by atomic mass is 14.8. The summed E-state index contributed by atoms with van der Waals surface area (Å²) in [4.78, 5) is 4.39. The van der Waals surface area contributed by atoms with Crippen LogP contribution in [0.3, 0.4) is 0 Å². The molecule has 1 heterocycles. The van der Waals surface area contributed by atoms with E-state index in [-0.39, 0.29) is 5.41 Å². The second kappa shape index (κ2) is 2.96. The molecule has 1 aliphatic rings. The molecule has 2 heteroatoms. The molecule has 68 valence electrons. The first kappa shape index (κ1) is 8.45. The van der Waals surface area contributed by atoms with Gasteiger partial charge in [0, 0.05) is 11.6 Å². The average Bonchev–Trinajstić information content (AvgIpc) is 2.46. The third-order valence-corrected chi connectivity index (χ3v) is 2.67. The molecule has 1 atom stereocenters. The lowest BCUT2D eigenvalue weighted by Crippen LogP contribution is -2.24. The molecule has 0 saturated carbocycles. The predicted octanol–water partition coefficient (Wildman–Crippen LogP) is 2.01. The van der Waals surface area contributed by atoms with E-state index in [1.165, 1.54) is 5.56 Å². The fourth-order valence-electron chi connectivity index (χ4n) is 1.85. The monoisotopic (exact) mass is 174 g/mol. The third-order valence-electron chi connectivity index (χ3n) is 2.67. The van der Waals surface area contributed by atoms with Gasteiger partial charge in [-0.25, -0.2) is 0 Å². The van der Waals surface area contributed by atoms with Crippen LogP contribution in [0.1, 0.15) is 18.9 Å². The second-order valence-electron chi connectivity index (χ2n) is 3.73. The Balaban J connectivity index is 2.42. The summed E-state index contributed by atoms with van der Waals surface area (Å²) in [5.41, 5.74) is 8.05. The number of benzene rings is 1. The summed E-state index contributed by atoms with van der Waals surface area (Å²) in [5.74, 6) is 0. The number of fused-ring (bicyclic) bond motifs is 1. The highest BCUT2D eigenvalue weighted by Crippen LogP contribution is 2.38. The van der Waals surface area contributed by atoms with E-state index in [2.05, 4.69) is 24.0 Å². The highest BCUT2D eigenvalue weighted by Gasteiger charge is 2.29. The van der Waals surface area contributed by atoms with Crippen molar-refractivity contribution in [3.05, 3.63) is 29.8 Å². The van der Waals surface area contributed by atoms with Crippen LogP contribution >= 0.6 is 0 Å². The molecule has 2 N–H and O–H groups in total. The summed E-state index contributed by atoms with van der Waals surface area (Å²) in [5, 5.41) is 0. The topological polar surface area (TPSA) is 38.4 Å². The Labute approximate surface area is 78.5 Å². The van der Waals surface area contributed by atoms with Crippen molar-refractivity contribution in [2.75, 3.05) is 6.54 Å². The molecular weight excluding hydrogens is 160 g/mol. The first-order valence-corrected chi connectivity index (χ1v) is 4.61. The highest BCUT2D eigenvalue weighted by molar-refractivity contribution is 5.84. The molecular formula is C11H14N2.